The zero-order chi connectivity index (χ0) is 20.1. The maximum absolute atomic E-state index is 13.1. The molecule has 0 bridgehead atoms. The van der Waals surface area contributed by atoms with Crippen LogP contribution >= 0.6 is 0 Å². The average Bonchev–Trinajstić information content (AvgIpc) is 2.71. The highest BCUT2D eigenvalue weighted by Crippen LogP contribution is 2.42. The third-order valence-electron chi connectivity index (χ3n) is 5.73. The number of aryl methyl sites for hydroxylation is 1. The molecular formula is C24H31NO3. The lowest BCUT2D eigenvalue weighted by Gasteiger charge is -2.42. The fraction of sp³-hybridized carbons (Fsp3) is 0.458. The number of benzene rings is 2. The first kappa shape index (κ1) is 20.2. The zero-order valence-corrected chi connectivity index (χ0v) is 17.3. The summed E-state index contributed by atoms with van der Waals surface area (Å²) in [6.07, 6.45) is 2.66. The molecular weight excluding hydrogens is 350 g/mol. The van der Waals surface area contributed by atoms with E-state index in [4.69, 9.17) is 9.47 Å². The third kappa shape index (κ3) is 4.32. The van der Waals surface area contributed by atoms with E-state index in [1.54, 1.807) is 0 Å². The molecule has 1 aliphatic heterocycles. The molecule has 0 unspecified atom stereocenters. The van der Waals surface area contributed by atoms with Crippen LogP contribution in [-0.2, 0) is 4.79 Å². The molecule has 0 saturated carbocycles. The van der Waals surface area contributed by atoms with E-state index in [9.17, 15) is 4.79 Å². The Kier molecular flexibility index (Phi) is 6.28. The number of para-hydroxylation sites is 1. The van der Waals surface area contributed by atoms with Gasteiger partial charge in [0, 0.05) is 12.0 Å². The van der Waals surface area contributed by atoms with E-state index in [1.807, 2.05) is 62.4 Å². The van der Waals surface area contributed by atoms with Crippen molar-refractivity contribution < 1.29 is 14.3 Å². The van der Waals surface area contributed by atoms with Crippen molar-refractivity contribution in [3.8, 4) is 11.5 Å². The zero-order valence-electron chi connectivity index (χ0n) is 17.3. The summed E-state index contributed by atoms with van der Waals surface area (Å²) in [5.41, 5.74) is 1.91. The SMILES string of the molecule is CC[C@@H](Oc1cccc(C)c1)C(=O)N[C@H]1CC(CC)(CC)Oc2ccccc21. The van der Waals surface area contributed by atoms with Gasteiger partial charge in [-0.1, -0.05) is 51.1 Å². The van der Waals surface area contributed by atoms with Gasteiger partial charge in [-0.25, -0.2) is 0 Å². The molecule has 4 heteroatoms. The highest BCUT2D eigenvalue weighted by atomic mass is 16.5. The van der Waals surface area contributed by atoms with Crippen molar-refractivity contribution in [2.45, 2.75) is 71.1 Å². The Morgan fingerprint density at radius 3 is 2.61 bits per heavy atom. The Bertz CT molecular complexity index is 813. The molecule has 2 aromatic rings. The summed E-state index contributed by atoms with van der Waals surface area (Å²) in [5.74, 6) is 1.52. The second-order valence-electron chi connectivity index (χ2n) is 7.63. The highest BCUT2D eigenvalue weighted by Gasteiger charge is 2.39. The van der Waals surface area contributed by atoms with Crippen LogP contribution < -0.4 is 14.8 Å². The number of hydrogen-bond acceptors (Lipinski definition) is 3. The van der Waals surface area contributed by atoms with Crippen LogP contribution in [0.2, 0.25) is 0 Å². The normalized spacial score (nSPS) is 18.5. The molecule has 0 aliphatic carbocycles. The quantitative estimate of drug-likeness (QED) is 0.703. The molecule has 0 aromatic heterocycles. The minimum Gasteiger partial charge on any atom is -0.487 e. The van der Waals surface area contributed by atoms with Gasteiger partial charge in [-0.2, -0.15) is 0 Å². The molecule has 1 aliphatic rings. The van der Waals surface area contributed by atoms with Crippen LogP contribution in [-0.4, -0.2) is 17.6 Å². The summed E-state index contributed by atoms with van der Waals surface area (Å²) in [6, 6.07) is 15.7. The number of carbonyl (C=O) groups excluding carboxylic acids is 1. The third-order valence-corrected chi connectivity index (χ3v) is 5.73. The molecule has 1 N–H and O–H groups in total. The van der Waals surface area contributed by atoms with E-state index in [2.05, 4.69) is 19.2 Å². The molecule has 2 atom stereocenters. The summed E-state index contributed by atoms with van der Waals surface area (Å²) in [6.45, 7) is 8.28. The van der Waals surface area contributed by atoms with Crippen LogP contribution in [0.3, 0.4) is 0 Å². The lowest BCUT2D eigenvalue weighted by atomic mass is 9.83. The molecule has 0 fully saturated rings. The van der Waals surface area contributed by atoms with Gasteiger partial charge in [0.1, 0.15) is 17.1 Å². The van der Waals surface area contributed by atoms with Gasteiger partial charge in [0.2, 0.25) is 0 Å². The van der Waals surface area contributed by atoms with E-state index in [0.29, 0.717) is 6.42 Å². The predicted molar refractivity (Wildman–Crippen MR) is 112 cm³/mol. The van der Waals surface area contributed by atoms with Crippen LogP contribution in [0, 0.1) is 6.92 Å². The van der Waals surface area contributed by atoms with Gasteiger partial charge in [0.25, 0.3) is 5.91 Å². The number of carbonyl (C=O) groups is 1. The first-order valence-corrected chi connectivity index (χ1v) is 10.3. The lowest BCUT2D eigenvalue weighted by Crippen LogP contribution is -2.47. The van der Waals surface area contributed by atoms with Crippen LogP contribution in [0.15, 0.2) is 48.5 Å². The van der Waals surface area contributed by atoms with Crippen molar-refractivity contribution in [1.29, 1.82) is 0 Å². The summed E-state index contributed by atoms with van der Waals surface area (Å²) in [7, 11) is 0. The van der Waals surface area contributed by atoms with E-state index in [1.165, 1.54) is 0 Å². The Balaban J connectivity index is 1.79. The van der Waals surface area contributed by atoms with Crippen LogP contribution in [0.25, 0.3) is 0 Å². The van der Waals surface area contributed by atoms with Crippen molar-refractivity contribution in [1.82, 2.24) is 5.32 Å². The van der Waals surface area contributed by atoms with Gasteiger partial charge in [-0.3, -0.25) is 4.79 Å². The van der Waals surface area contributed by atoms with Gasteiger partial charge in [-0.15, -0.1) is 0 Å². The highest BCUT2D eigenvalue weighted by molar-refractivity contribution is 5.81. The van der Waals surface area contributed by atoms with Crippen molar-refractivity contribution in [3.05, 3.63) is 59.7 Å². The fourth-order valence-electron chi connectivity index (χ4n) is 3.87. The van der Waals surface area contributed by atoms with E-state index in [-0.39, 0.29) is 17.6 Å². The molecule has 1 amide bonds. The summed E-state index contributed by atoms with van der Waals surface area (Å²) in [4.78, 5) is 13.1. The van der Waals surface area contributed by atoms with E-state index < -0.39 is 6.10 Å². The second-order valence-corrected chi connectivity index (χ2v) is 7.63. The van der Waals surface area contributed by atoms with Crippen molar-refractivity contribution in [2.75, 3.05) is 0 Å². The number of ether oxygens (including phenoxy) is 2. The van der Waals surface area contributed by atoms with E-state index >= 15 is 0 Å². The first-order chi connectivity index (χ1) is 13.5. The Labute approximate surface area is 168 Å². The van der Waals surface area contributed by atoms with Crippen molar-refractivity contribution in [2.24, 2.45) is 0 Å². The molecule has 0 saturated heterocycles. The molecule has 2 aromatic carbocycles. The number of hydrogen-bond donors (Lipinski definition) is 1. The van der Waals surface area contributed by atoms with E-state index in [0.717, 1.165) is 41.9 Å². The van der Waals surface area contributed by atoms with Crippen molar-refractivity contribution in [3.63, 3.8) is 0 Å². The number of nitrogens with one attached hydrogen (secondary N) is 1. The summed E-state index contributed by atoms with van der Waals surface area (Å²) in [5, 5.41) is 3.24. The Hall–Kier alpha value is -2.49. The second kappa shape index (κ2) is 8.68. The lowest BCUT2D eigenvalue weighted by molar-refractivity contribution is -0.129. The molecule has 3 rings (SSSR count). The number of fused-ring (bicyclic) bond motifs is 1. The van der Waals surface area contributed by atoms with Gasteiger partial charge in [0.05, 0.1) is 6.04 Å². The minimum absolute atomic E-state index is 0.0764. The molecule has 28 heavy (non-hydrogen) atoms. The van der Waals surface area contributed by atoms with Crippen molar-refractivity contribution >= 4 is 5.91 Å². The molecule has 0 radical (unpaired) electrons. The first-order valence-electron chi connectivity index (χ1n) is 10.3. The monoisotopic (exact) mass is 381 g/mol. The summed E-state index contributed by atoms with van der Waals surface area (Å²) < 4.78 is 12.3. The number of amides is 1. The largest absolute Gasteiger partial charge is 0.487 e. The topological polar surface area (TPSA) is 47.6 Å². The van der Waals surface area contributed by atoms with Gasteiger partial charge in [-0.05, 0) is 49.9 Å². The minimum atomic E-state index is -0.519. The molecule has 4 nitrogen and oxygen atoms in total. The standard InChI is InChI=1S/C24H31NO3/c1-5-21(27-18-12-10-11-17(4)15-18)23(26)25-20-16-24(6-2,7-3)28-22-14-9-8-13-19(20)22/h8-15,20-21H,5-7,16H2,1-4H3,(H,25,26)/t20-,21+/m0/s1. The Morgan fingerprint density at radius 2 is 1.93 bits per heavy atom. The Morgan fingerprint density at radius 1 is 1.18 bits per heavy atom. The average molecular weight is 382 g/mol. The van der Waals surface area contributed by atoms with Crippen LogP contribution in [0.1, 0.15) is 63.6 Å². The number of rotatable bonds is 7. The van der Waals surface area contributed by atoms with Gasteiger partial charge < -0.3 is 14.8 Å². The predicted octanol–water partition coefficient (Wildman–Crippen LogP) is 5.35. The smallest absolute Gasteiger partial charge is 0.261 e. The maximum atomic E-state index is 13.1. The fourth-order valence-corrected chi connectivity index (χ4v) is 3.87. The molecule has 1 heterocycles. The van der Waals surface area contributed by atoms with Gasteiger partial charge >= 0.3 is 0 Å². The maximum Gasteiger partial charge on any atom is 0.261 e. The van der Waals surface area contributed by atoms with Gasteiger partial charge in [0.15, 0.2) is 6.10 Å². The molecule has 150 valence electrons. The van der Waals surface area contributed by atoms with Crippen LogP contribution in [0.4, 0.5) is 0 Å². The summed E-state index contributed by atoms with van der Waals surface area (Å²) >= 11 is 0. The molecule has 0 spiro atoms. The van der Waals surface area contributed by atoms with Crippen LogP contribution in [0.5, 0.6) is 11.5 Å².